The third-order valence-corrected chi connectivity index (χ3v) is 6.52. The maximum atomic E-state index is 13.4. The first-order valence-electron chi connectivity index (χ1n) is 9.69. The zero-order chi connectivity index (χ0) is 21.1. The zero-order valence-corrected chi connectivity index (χ0v) is 17.6. The molecule has 1 saturated carbocycles. The van der Waals surface area contributed by atoms with Crippen molar-refractivity contribution >= 4 is 23.6 Å². The van der Waals surface area contributed by atoms with Gasteiger partial charge in [-0.15, -0.1) is 0 Å². The summed E-state index contributed by atoms with van der Waals surface area (Å²) < 4.78 is 26.3. The van der Waals surface area contributed by atoms with E-state index in [-0.39, 0.29) is 17.7 Å². The molecular formula is C21H23FN4O3S. The molecule has 1 saturated heterocycles. The maximum Gasteiger partial charge on any atom is 0.262 e. The predicted molar refractivity (Wildman–Crippen MR) is 113 cm³/mol. The summed E-state index contributed by atoms with van der Waals surface area (Å²) in [6.45, 7) is 2.25. The molecule has 0 radical (unpaired) electrons. The number of nitrogens with one attached hydrogen (secondary N) is 1. The van der Waals surface area contributed by atoms with Gasteiger partial charge in [0.2, 0.25) is 0 Å². The molecule has 1 aliphatic heterocycles. The van der Waals surface area contributed by atoms with E-state index < -0.39 is 5.82 Å². The van der Waals surface area contributed by atoms with Crippen molar-refractivity contribution < 1.29 is 18.7 Å². The fraction of sp³-hybridized carbons (Fsp3) is 0.381. The Hall–Kier alpha value is -2.65. The van der Waals surface area contributed by atoms with Gasteiger partial charge in [0.1, 0.15) is 17.3 Å². The highest BCUT2D eigenvalue weighted by molar-refractivity contribution is 8.00. The molecule has 5 rings (SSSR count). The first-order chi connectivity index (χ1) is 14.5. The fourth-order valence-corrected chi connectivity index (χ4v) is 3.82. The molecule has 0 atom stereocenters. The first-order valence-corrected chi connectivity index (χ1v) is 10.8. The van der Waals surface area contributed by atoms with Gasteiger partial charge in [0.05, 0.1) is 17.8 Å². The summed E-state index contributed by atoms with van der Waals surface area (Å²) in [5.41, 5.74) is 1.51. The third-order valence-electron chi connectivity index (χ3n) is 4.84. The minimum atomic E-state index is -0.477. The van der Waals surface area contributed by atoms with E-state index in [0.717, 1.165) is 19.0 Å². The van der Waals surface area contributed by atoms with Gasteiger partial charge in [-0.25, -0.2) is 13.9 Å². The number of fused-ring (bicyclic) bond motifs is 1. The van der Waals surface area contributed by atoms with Crippen LogP contribution in [0.4, 0.5) is 4.39 Å². The molecule has 1 aliphatic carbocycles. The van der Waals surface area contributed by atoms with E-state index in [4.69, 9.17) is 9.47 Å². The largest absolute Gasteiger partial charge is 0.485 e. The van der Waals surface area contributed by atoms with Crippen LogP contribution in [0.25, 0.3) is 5.52 Å². The van der Waals surface area contributed by atoms with Crippen molar-refractivity contribution in [3.63, 3.8) is 0 Å². The van der Waals surface area contributed by atoms with E-state index in [9.17, 15) is 9.18 Å². The van der Waals surface area contributed by atoms with Crippen molar-refractivity contribution in [2.24, 2.45) is 0 Å². The van der Waals surface area contributed by atoms with Crippen molar-refractivity contribution in [1.29, 1.82) is 0 Å². The zero-order valence-electron chi connectivity index (χ0n) is 16.8. The number of nitrogens with zero attached hydrogens (tertiary/aromatic N) is 3. The van der Waals surface area contributed by atoms with Crippen molar-refractivity contribution in [2.75, 3.05) is 18.6 Å². The molecule has 0 aromatic carbocycles. The highest BCUT2D eigenvalue weighted by atomic mass is 32.2. The van der Waals surface area contributed by atoms with Crippen LogP contribution in [0, 0.1) is 5.82 Å². The number of rotatable bonds is 6. The lowest BCUT2D eigenvalue weighted by Crippen LogP contribution is -2.51. The smallest absolute Gasteiger partial charge is 0.262 e. The molecule has 0 bridgehead atoms. The number of aromatic nitrogens is 3. The van der Waals surface area contributed by atoms with E-state index in [0.29, 0.717) is 28.8 Å². The second kappa shape index (κ2) is 8.61. The second-order valence-electron chi connectivity index (χ2n) is 7.60. The summed E-state index contributed by atoms with van der Waals surface area (Å²) in [6, 6.07) is 6.30. The monoisotopic (exact) mass is 430 g/mol. The van der Waals surface area contributed by atoms with Gasteiger partial charge in [-0.1, -0.05) is 0 Å². The van der Waals surface area contributed by atoms with E-state index in [1.54, 1.807) is 28.9 Å². The van der Waals surface area contributed by atoms with E-state index >= 15 is 0 Å². The average molecular weight is 431 g/mol. The Morgan fingerprint density at radius 2 is 2.13 bits per heavy atom. The van der Waals surface area contributed by atoms with Crippen LogP contribution in [0.5, 0.6) is 17.4 Å². The quantitative estimate of drug-likeness (QED) is 0.597. The molecule has 158 valence electrons. The Kier molecular flexibility index (Phi) is 5.92. The molecule has 4 heterocycles. The van der Waals surface area contributed by atoms with Gasteiger partial charge >= 0.3 is 0 Å². The summed E-state index contributed by atoms with van der Waals surface area (Å²) in [5.74, 6) is 3.07. The number of halogens is 1. The molecular weight excluding hydrogens is 407 g/mol. The molecule has 30 heavy (non-hydrogen) atoms. The molecule has 3 aromatic rings. The molecule has 3 aromatic heterocycles. The molecule has 7 nitrogen and oxygen atoms in total. The molecule has 1 N–H and O–H groups in total. The van der Waals surface area contributed by atoms with Crippen molar-refractivity contribution in [3.8, 4) is 17.4 Å². The van der Waals surface area contributed by atoms with Gasteiger partial charge in [0.25, 0.3) is 5.88 Å². The highest BCUT2D eigenvalue weighted by Crippen LogP contribution is 2.35. The van der Waals surface area contributed by atoms with Crippen molar-refractivity contribution in [3.05, 3.63) is 48.2 Å². The molecule has 0 amide bonds. The number of carbonyl (C=O) groups excluding carboxylic acids is 1. The summed E-state index contributed by atoms with van der Waals surface area (Å²) in [6.07, 6.45) is 5.43. The van der Waals surface area contributed by atoms with Crippen LogP contribution >= 0.6 is 11.8 Å². The highest BCUT2D eigenvalue weighted by Gasteiger charge is 2.30. The Labute approximate surface area is 178 Å². The second-order valence-corrected chi connectivity index (χ2v) is 8.58. The number of thioether (sulfide) groups is 1. The van der Waals surface area contributed by atoms with Gasteiger partial charge in [-0.2, -0.15) is 16.9 Å². The average Bonchev–Trinajstić information content (AvgIpc) is 3.44. The standard InChI is InChI=1S/C16H12FN3O3.C5H11NS/c17-10-5-15(22-13-1-2-13)16(18-8-10)23-14-3-4-20-12(7-14)6-11(9-21)19-20;1-5(6-2)3-7-4-5/h3-9,13H,1-2H2;6H,3-4H2,1-2H3. The Morgan fingerprint density at radius 3 is 2.73 bits per heavy atom. The molecule has 9 heteroatoms. The number of aldehydes is 1. The summed E-state index contributed by atoms with van der Waals surface area (Å²) >= 11 is 2.01. The third kappa shape index (κ3) is 4.91. The van der Waals surface area contributed by atoms with Crippen LogP contribution in [0.15, 0.2) is 36.7 Å². The fourth-order valence-electron chi connectivity index (χ4n) is 2.71. The molecule has 0 spiro atoms. The lowest BCUT2D eigenvalue weighted by molar-refractivity contribution is 0.111. The van der Waals surface area contributed by atoms with Crippen LogP contribution in [0.1, 0.15) is 30.3 Å². The lowest BCUT2D eigenvalue weighted by atomic mass is 10.1. The Bertz CT molecular complexity index is 1040. The number of carbonyl (C=O) groups is 1. The van der Waals surface area contributed by atoms with E-state index in [2.05, 4.69) is 22.3 Å². The predicted octanol–water partition coefficient (Wildman–Crippen LogP) is 3.73. The molecule has 2 aliphatic rings. The minimum Gasteiger partial charge on any atom is -0.485 e. The van der Waals surface area contributed by atoms with Crippen LogP contribution < -0.4 is 14.8 Å². The lowest BCUT2D eigenvalue weighted by Gasteiger charge is -2.37. The summed E-state index contributed by atoms with van der Waals surface area (Å²) in [7, 11) is 2.03. The van der Waals surface area contributed by atoms with Crippen LogP contribution in [0.2, 0.25) is 0 Å². The number of pyridine rings is 2. The van der Waals surface area contributed by atoms with Gasteiger partial charge in [0, 0.05) is 35.4 Å². The molecule has 2 fully saturated rings. The first kappa shape index (κ1) is 20.6. The van der Waals surface area contributed by atoms with E-state index in [1.165, 1.54) is 17.6 Å². The van der Waals surface area contributed by atoms with Crippen molar-refractivity contribution in [1.82, 2.24) is 19.9 Å². The van der Waals surface area contributed by atoms with Gasteiger partial charge in [-0.05, 0) is 38.9 Å². The summed E-state index contributed by atoms with van der Waals surface area (Å²) in [4.78, 5) is 14.7. The Morgan fingerprint density at radius 1 is 1.33 bits per heavy atom. The van der Waals surface area contributed by atoms with Crippen LogP contribution in [0.3, 0.4) is 0 Å². The SMILES string of the molecule is CNC1(C)CSC1.O=Cc1cc2cc(Oc3ncc(F)cc3OC3CC3)ccn2n1. The number of hydrogen-bond donors (Lipinski definition) is 1. The number of hydrogen-bond acceptors (Lipinski definition) is 7. The van der Waals surface area contributed by atoms with Crippen molar-refractivity contribution in [2.45, 2.75) is 31.4 Å². The topological polar surface area (TPSA) is 77.8 Å². The Balaban J connectivity index is 0.000000265. The maximum absolute atomic E-state index is 13.4. The van der Waals surface area contributed by atoms with Gasteiger partial charge < -0.3 is 14.8 Å². The van der Waals surface area contributed by atoms with Crippen LogP contribution in [-0.2, 0) is 0 Å². The summed E-state index contributed by atoms with van der Waals surface area (Å²) in [5, 5.41) is 7.32. The van der Waals surface area contributed by atoms with Gasteiger partial charge in [0.15, 0.2) is 12.0 Å². The minimum absolute atomic E-state index is 0.105. The van der Waals surface area contributed by atoms with Crippen LogP contribution in [-0.4, -0.2) is 51.1 Å². The van der Waals surface area contributed by atoms with E-state index in [1.807, 2.05) is 18.8 Å². The normalized spacial score (nSPS) is 16.9. The van der Waals surface area contributed by atoms with Gasteiger partial charge in [-0.3, -0.25) is 4.79 Å². The number of ether oxygens (including phenoxy) is 2. The molecule has 0 unspecified atom stereocenters.